The predicted octanol–water partition coefficient (Wildman–Crippen LogP) is 2.04. The van der Waals surface area contributed by atoms with Crippen molar-refractivity contribution in [3.8, 4) is 0 Å². The van der Waals surface area contributed by atoms with E-state index in [-0.39, 0.29) is 0 Å². The molecule has 0 amide bonds. The average Bonchev–Trinajstić information content (AvgIpc) is 3.14. The minimum Gasteiger partial charge on any atom is -0.357 e. The number of rotatable bonds is 6. The number of aliphatic imine (C=N–C) groups is 1. The molecule has 1 unspecified atom stereocenters. The number of hydrogen-bond acceptors (Lipinski definition) is 4. The second kappa shape index (κ2) is 7.93. The van der Waals surface area contributed by atoms with Gasteiger partial charge in [0.2, 0.25) is 0 Å². The molecule has 0 radical (unpaired) electrons. The van der Waals surface area contributed by atoms with Crippen molar-refractivity contribution < 1.29 is 0 Å². The topological polar surface area (TPSA) is 67.1 Å². The van der Waals surface area contributed by atoms with Crippen molar-refractivity contribution in [2.75, 3.05) is 13.1 Å². The fourth-order valence-corrected chi connectivity index (χ4v) is 2.79. The molecule has 2 N–H and O–H groups in total. The van der Waals surface area contributed by atoms with Crippen LogP contribution in [-0.2, 0) is 13.6 Å². The predicted molar refractivity (Wildman–Crippen MR) is 91.3 cm³/mol. The lowest BCUT2D eigenvalue weighted by atomic mass is 10.1. The highest BCUT2D eigenvalue weighted by Crippen LogP contribution is 2.16. The van der Waals surface area contributed by atoms with Crippen LogP contribution in [0.5, 0.6) is 0 Å². The van der Waals surface area contributed by atoms with Crippen molar-refractivity contribution in [3.63, 3.8) is 0 Å². The Morgan fingerprint density at radius 3 is 2.82 bits per heavy atom. The summed E-state index contributed by atoms with van der Waals surface area (Å²) in [5.74, 6) is 3.02. The first-order valence-electron chi connectivity index (χ1n) is 7.51. The lowest BCUT2D eigenvalue weighted by Gasteiger charge is -2.15. The van der Waals surface area contributed by atoms with Crippen LogP contribution < -0.4 is 10.6 Å². The molecule has 0 spiro atoms. The first-order chi connectivity index (χ1) is 10.6. The van der Waals surface area contributed by atoms with Gasteiger partial charge in [-0.3, -0.25) is 0 Å². The molecule has 0 fully saturated rings. The Hall–Kier alpha value is -1.89. The van der Waals surface area contributed by atoms with Crippen molar-refractivity contribution >= 4 is 17.3 Å². The SMILES string of the molecule is CCNC(=NCc1nnc(C)n1C)NCC(C)c1ccsc1. The van der Waals surface area contributed by atoms with Crippen LogP contribution in [0.4, 0.5) is 0 Å². The number of aryl methyl sites for hydroxylation is 1. The minimum atomic E-state index is 0.451. The number of guanidine groups is 1. The number of nitrogens with zero attached hydrogens (tertiary/aromatic N) is 4. The van der Waals surface area contributed by atoms with Gasteiger partial charge in [-0.15, -0.1) is 10.2 Å². The van der Waals surface area contributed by atoms with Gasteiger partial charge < -0.3 is 15.2 Å². The average molecular weight is 320 g/mol. The van der Waals surface area contributed by atoms with Crippen LogP contribution in [0.2, 0.25) is 0 Å². The number of nitrogens with one attached hydrogen (secondary N) is 2. The summed E-state index contributed by atoms with van der Waals surface area (Å²) in [5, 5.41) is 19.1. The summed E-state index contributed by atoms with van der Waals surface area (Å²) >= 11 is 1.73. The van der Waals surface area contributed by atoms with Crippen LogP contribution in [0, 0.1) is 6.92 Å². The molecule has 0 saturated heterocycles. The standard InChI is InChI=1S/C15H24N6S/c1-5-16-15(17-8-11(2)13-6-7-22-10-13)18-9-14-20-19-12(3)21(14)4/h6-7,10-11H,5,8-9H2,1-4H3,(H2,16,17,18). The van der Waals surface area contributed by atoms with E-state index in [4.69, 9.17) is 0 Å². The molecule has 0 aliphatic rings. The summed E-state index contributed by atoms with van der Waals surface area (Å²) in [7, 11) is 1.96. The third-order valence-electron chi connectivity index (χ3n) is 3.59. The Balaban J connectivity index is 1.94. The van der Waals surface area contributed by atoms with E-state index in [1.165, 1.54) is 5.56 Å². The van der Waals surface area contributed by atoms with Crippen LogP contribution in [0.1, 0.15) is 37.0 Å². The Morgan fingerprint density at radius 2 is 2.23 bits per heavy atom. The molecular weight excluding hydrogens is 296 g/mol. The molecule has 2 aromatic heterocycles. The van der Waals surface area contributed by atoms with E-state index in [1.54, 1.807) is 11.3 Å². The summed E-state index contributed by atoms with van der Waals surface area (Å²) in [4.78, 5) is 4.58. The molecule has 0 aromatic carbocycles. The van der Waals surface area contributed by atoms with Gasteiger partial charge in [-0.05, 0) is 42.2 Å². The number of aromatic nitrogens is 3. The minimum absolute atomic E-state index is 0.451. The normalized spacial score (nSPS) is 13.2. The molecule has 2 heterocycles. The third-order valence-corrected chi connectivity index (χ3v) is 4.29. The maximum absolute atomic E-state index is 4.58. The Labute approximate surface area is 135 Å². The number of hydrogen-bond donors (Lipinski definition) is 2. The molecule has 0 aliphatic carbocycles. The molecule has 6 nitrogen and oxygen atoms in total. The van der Waals surface area contributed by atoms with Crippen LogP contribution >= 0.6 is 11.3 Å². The maximum atomic E-state index is 4.58. The van der Waals surface area contributed by atoms with E-state index in [9.17, 15) is 0 Å². The highest BCUT2D eigenvalue weighted by molar-refractivity contribution is 7.07. The van der Waals surface area contributed by atoms with Gasteiger partial charge >= 0.3 is 0 Å². The van der Waals surface area contributed by atoms with Gasteiger partial charge in [-0.1, -0.05) is 6.92 Å². The van der Waals surface area contributed by atoms with E-state index in [1.807, 2.05) is 18.5 Å². The number of thiophene rings is 1. The zero-order valence-corrected chi connectivity index (χ0v) is 14.4. The van der Waals surface area contributed by atoms with Crippen molar-refractivity contribution in [2.45, 2.75) is 33.2 Å². The summed E-state index contributed by atoms with van der Waals surface area (Å²) in [6.07, 6.45) is 0. The monoisotopic (exact) mass is 320 g/mol. The van der Waals surface area contributed by atoms with Gasteiger partial charge in [0.05, 0.1) is 0 Å². The Morgan fingerprint density at radius 1 is 1.41 bits per heavy atom. The van der Waals surface area contributed by atoms with E-state index >= 15 is 0 Å². The highest BCUT2D eigenvalue weighted by atomic mass is 32.1. The molecule has 120 valence electrons. The van der Waals surface area contributed by atoms with Gasteiger partial charge in [-0.2, -0.15) is 11.3 Å². The van der Waals surface area contributed by atoms with E-state index in [0.717, 1.165) is 30.7 Å². The first-order valence-corrected chi connectivity index (χ1v) is 8.45. The summed E-state index contributed by atoms with van der Waals surface area (Å²) in [6.45, 7) is 8.40. The van der Waals surface area contributed by atoms with Crippen molar-refractivity contribution in [1.29, 1.82) is 0 Å². The lowest BCUT2D eigenvalue weighted by molar-refractivity contribution is 0.697. The molecule has 0 saturated carbocycles. The van der Waals surface area contributed by atoms with E-state index in [2.05, 4.69) is 56.5 Å². The Kier molecular flexibility index (Phi) is 5.94. The molecule has 2 aromatic rings. The Bertz CT molecular complexity index is 602. The van der Waals surface area contributed by atoms with Crippen LogP contribution in [-0.4, -0.2) is 33.8 Å². The summed E-state index contributed by atoms with van der Waals surface area (Å²) in [6, 6.07) is 2.17. The fourth-order valence-electron chi connectivity index (χ4n) is 2.00. The molecule has 1 atom stereocenters. The van der Waals surface area contributed by atoms with Crippen LogP contribution in [0.25, 0.3) is 0 Å². The summed E-state index contributed by atoms with van der Waals surface area (Å²) in [5.41, 5.74) is 1.36. The molecule has 0 aliphatic heterocycles. The smallest absolute Gasteiger partial charge is 0.191 e. The fraction of sp³-hybridized carbons (Fsp3) is 0.533. The van der Waals surface area contributed by atoms with Crippen molar-refractivity contribution in [1.82, 2.24) is 25.4 Å². The van der Waals surface area contributed by atoms with E-state index < -0.39 is 0 Å². The molecule has 0 bridgehead atoms. The van der Waals surface area contributed by atoms with Crippen LogP contribution in [0.15, 0.2) is 21.8 Å². The molecule has 2 rings (SSSR count). The largest absolute Gasteiger partial charge is 0.357 e. The quantitative estimate of drug-likeness (QED) is 0.631. The lowest BCUT2D eigenvalue weighted by Crippen LogP contribution is -2.39. The molecule has 7 heteroatoms. The second-order valence-electron chi connectivity index (χ2n) is 5.26. The molecular formula is C15H24N6S. The van der Waals surface area contributed by atoms with Gasteiger partial charge in [0.1, 0.15) is 12.4 Å². The van der Waals surface area contributed by atoms with Crippen molar-refractivity contribution in [3.05, 3.63) is 34.0 Å². The summed E-state index contributed by atoms with van der Waals surface area (Å²) < 4.78 is 1.96. The van der Waals surface area contributed by atoms with E-state index in [0.29, 0.717) is 12.5 Å². The van der Waals surface area contributed by atoms with Crippen LogP contribution in [0.3, 0.4) is 0 Å². The first kappa shape index (κ1) is 16.5. The van der Waals surface area contributed by atoms with Gasteiger partial charge in [0.25, 0.3) is 0 Å². The second-order valence-corrected chi connectivity index (χ2v) is 6.04. The van der Waals surface area contributed by atoms with Gasteiger partial charge in [0.15, 0.2) is 11.8 Å². The van der Waals surface area contributed by atoms with Crippen molar-refractivity contribution in [2.24, 2.45) is 12.0 Å². The zero-order chi connectivity index (χ0) is 15.9. The zero-order valence-electron chi connectivity index (χ0n) is 13.6. The molecule has 22 heavy (non-hydrogen) atoms. The highest BCUT2D eigenvalue weighted by Gasteiger charge is 2.08. The maximum Gasteiger partial charge on any atom is 0.191 e. The van der Waals surface area contributed by atoms with Gasteiger partial charge in [-0.25, -0.2) is 4.99 Å². The van der Waals surface area contributed by atoms with Gasteiger partial charge in [0, 0.05) is 20.1 Å². The third kappa shape index (κ3) is 4.30.